The van der Waals surface area contributed by atoms with Gasteiger partial charge < -0.3 is 0 Å². The summed E-state index contributed by atoms with van der Waals surface area (Å²) >= 11 is 0. The molecule has 3 aliphatic rings. The summed E-state index contributed by atoms with van der Waals surface area (Å²) in [5.41, 5.74) is 0. The molecular formula is C8H17N3+2. The minimum Gasteiger partial charge on any atom is -0.291 e. The number of hydrogen-bond acceptors (Lipinski definition) is 1. The fourth-order valence-corrected chi connectivity index (χ4v) is 3.08. The zero-order chi connectivity index (χ0) is 7.31. The van der Waals surface area contributed by atoms with Crippen LogP contribution in [0.2, 0.25) is 0 Å². The van der Waals surface area contributed by atoms with Crippen molar-refractivity contribution in [3.05, 3.63) is 0 Å². The fourth-order valence-electron chi connectivity index (χ4n) is 3.08. The highest BCUT2D eigenvalue weighted by Crippen LogP contribution is 2.37. The van der Waals surface area contributed by atoms with Crippen molar-refractivity contribution in [1.29, 1.82) is 0 Å². The maximum atomic E-state index is 3.63. The first-order valence-corrected chi connectivity index (χ1v) is 4.87. The molecule has 62 valence electrons. The van der Waals surface area contributed by atoms with Crippen molar-refractivity contribution in [3.63, 3.8) is 0 Å². The second kappa shape index (κ2) is 1.97. The topological polar surface area (TPSA) is 28.6 Å². The Morgan fingerprint density at radius 3 is 3.18 bits per heavy atom. The van der Waals surface area contributed by atoms with Gasteiger partial charge >= 0.3 is 0 Å². The highest BCUT2D eigenvalue weighted by molar-refractivity contribution is 4.82. The van der Waals surface area contributed by atoms with Crippen LogP contribution in [0.25, 0.3) is 0 Å². The zero-order valence-electron chi connectivity index (χ0n) is 6.92. The van der Waals surface area contributed by atoms with Gasteiger partial charge in [-0.15, -0.1) is 0 Å². The van der Waals surface area contributed by atoms with Crippen LogP contribution >= 0.6 is 0 Å². The maximum absolute atomic E-state index is 3.63. The molecule has 3 aliphatic heterocycles. The largest absolute Gasteiger partial charge is 0.291 e. The highest BCUT2D eigenvalue weighted by atomic mass is 15.7. The fraction of sp³-hybridized carbons (Fsp3) is 1.00. The Kier molecular flexibility index (Phi) is 1.15. The lowest BCUT2D eigenvalue weighted by molar-refractivity contribution is -0.938. The van der Waals surface area contributed by atoms with Crippen molar-refractivity contribution in [3.8, 4) is 0 Å². The van der Waals surface area contributed by atoms with E-state index in [1.165, 1.54) is 43.5 Å². The van der Waals surface area contributed by atoms with Crippen LogP contribution in [0.4, 0.5) is 0 Å². The summed E-state index contributed by atoms with van der Waals surface area (Å²) < 4.78 is 1.42. The van der Waals surface area contributed by atoms with Crippen LogP contribution in [0, 0.1) is 0 Å². The van der Waals surface area contributed by atoms with E-state index in [9.17, 15) is 0 Å². The molecule has 0 aromatic heterocycles. The molecule has 3 atom stereocenters. The van der Waals surface area contributed by atoms with Gasteiger partial charge in [0.05, 0.1) is 19.6 Å². The van der Waals surface area contributed by atoms with Gasteiger partial charge in [0.2, 0.25) is 0 Å². The van der Waals surface area contributed by atoms with Gasteiger partial charge in [-0.25, -0.2) is 4.48 Å². The van der Waals surface area contributed by atoms with Gasteiger partial charge in [0, 0.05) is 19.4 Å². The third-order valence-corrected chi connectivity index (χ3v) is 3.67. The van der Waals surface area contributed by atoms with Crippen molar-refractivity contribution in [2.75, 3.05) is 26.2 Å². The van der Waals surface area contributed by atoms with Crippen LogP contribution in [-0.2, 0) is 0 Å². The molecule has 0 bridgehead atoms. The average molecular weight is 155 g/mol. The van der Waals surface area contributed by atoms with E-state index >= 15 is 0 Å². The third kappa shape index (κ3) is 0.687. The van der Waals surface area contributed by atoms with Gasteiger partial charge in [-0.05, 0) is 0 Å². The summed E-state index contributed by atoms with van der Waals surface area (Å²) in [6.45, 7) is 5.51. The molecule has 3 heteroatoms. The minimum absolute atomic E-state index is 0.839. The number of fused-ring (bicyclic) bond motifs is 1. The quantitative estimate of drug-likeness (QED) is 0.321. The normalized spacial score (nSPS) is 54.5. The summed E-state index contributed by atoms with van der Waals surface area (Å²) in [4.78, 5) is 0. The van der Waals surface area contributed by atoms with E-state index < -0.39 is 0 Å². The monoisotopic (exact) mass is 155 g/mol. The second-order valence-electron chi connectivity index (χ2n) is 4.17. The zero-order valence-corrected chi connectivity index (χ0v) is 6.92. The van der Waals surface area contributed by atoms with Crippen molar-refractivity contribution in [2.45, 2.75) is 25.2 Å². The molecule has 11 heavy (non-hydrogen) atoms. The predicted octanol–water partition coefficient (Wildman–Crippen LogP) is -1.57. The van der Waals surface area contributed by atoms with E-state index in [2.05, 4.69) is 10.6 Å². The number of nitrogens with zero attached hydrogens (tertiary/aromatic N) is 1. The van der Waals surface area contributed by atoms with Crippen LogP contribution in [-0.4, -0.2) is 43.0 Å². The number of nitrogens with two attached hydrogens (primary N) is 1. The molecule has 0 aromatic carbocycles. The Balaban J connectivity index is 1.83. The van der Waals surface area contributed by atoms with Gasteiger partial charge in [0.15, 0.2) is 0 Å². The average Bonchev–Trinajstić information content (AvgIpc) is 2.73. The summed E-state index contributed by atoms with van der Waals surface area (Å²) in [5.74, 6) is 0. The predicted molar refractivity (Wildman–Crippen MR) is 41.6 cm³/mol. The number of rotatable bonds is 0. The highest BCUT2D eigenvalue weighted by Gasteiger charge is 2.71. The van der Waals surface area contributed by atoms with Gasteiger partial charge in [-0.3, -0.25) is 10.6 Å². The summed E-state index contributed by atoms with van der Waals surface area (Å²) in [7, 11) is 0. The Hall–Kier alpha value is -0.120. The molecular weight excluding hydrogens is 138 g/mol. The molecule has 1 spiro atoms. The number of nitrogens with one attached hydrogen (secondary N) is 1. The molecule has 0 amide bonds. The molecule has 3 saturated heterocycles. The standard InChI is InChI=1S/C8H16N3/c1-3-9-7-8-10-4-2-6-11(7,8)5-1/h7-10H,1-6H2/q+1/p+1. The Labute approximate surface area is 67.3 Å². The summed E-state index contributed by atoms with van der Waals surface area (Å²) in [6, 6.07) is 0. The smallest absolute Gasteiger partial charge is 0.283 e. The lowest BCUT2D eigenvalue weighted by Crippen LogP contribution is -2.90. The van der Waals surface area contributed by atoms with Crippen LogP contribution in [0.15, 0.2) is 0 Å². The molecule has 3 rings (SSSR count). The Morgan fingerprint density at radius 1 is 1.27 bits per heavy atom. The first kappa shape index (κ1) is 6.40. The molecule has 0 aliphatic carbocycles. The molecule has 3 unspecified atom stereocenters. The lowest BCUT2D eigenvalue weighted by atomic mass is 10.3. The molecule has 0 radical (unpaired) electrons. The van der Waals surface area contributed by atoms with Crippen molar-refractivity contribution in [2.24, 2.45) is 0 Å². The maximum Gasteiger partial charge on any atom is 0.283 e. The van der Waals surface area contributed by atoms with Crippen molar-refractivity contribution in [1.82, 2.24) is 5.32 Å². The Morgan fingerprint density at radius 2 is 2.18 bits per heavy atom. The van der Waals surface area contributed by atoms with E-state index in [0.717, 1.165) is 12.3 Å². The molecule has 0 saturated carbocycles. The molecule has 3 N–H and O–H groups in total. The van der Waals surface area contributed by atoms with E-state index in [0.29, 0.717) is 0 Å². The van der Waals surface area contributed by atoms with Gasteiger partial charge in [-0.1, -0.05) is 0 Å². The first-order valence-electron chi connectivity index (χ1n) is 4.87. The van der Waals surface area contributed by atoms with Crippen LogP contribution in [0.5, 0.6) is 0 Å². The van der Waals surface area contributed by atoms with Crippen LogP contribution < -0.4 is 10.6 Å². The number of hydrogen-bond donors (Lipinski definition) is 2. The Bertz CT molecular complexity index is 160. The van der Waals surface area contributed by atoms with Gasteiger partial charge in [0.1, 0.15) is 0 Å². The van der Waals surface area contributed by atoms with Crippen LogP contribution in [0.1, 0.15) is 12.8 Å². The first-order chi connectivity index (χ1) is 5.43. The SMILES string of the molecule is C1CNC2C3[NH2+]CCC[N+]23C1. The molecule has 3 nitrogen and oxygen atoms in total. The summed E-state index contributed by atoms with van der Waals surface area (Å²) in [5, 5.41) is 6.18. The van der Waals surface area contributed by atoms with Gasteiger partial charge in [-0.2, -0.15) is 0 Å². The van der Waals surface area contributed by atoms with Gasteiger partial charge in [0.25, 0.3) is 12.3 Å². The molecule has 0 aromatic rings. The summed E-state index contributed by atoms with van der Waals surface area (Å²) in [6.07, 6.45) is 4.56. The number of quaternary nitrogens is 2. The van der Waals surface area contributed by atoms with Crippen LogP contribution in [0.3, 0.4) is 0 Å². The van der Waals surface area contributed by atoms with Crippen molar-refractivity contribution >= 4 is 0 Å². The molecule has 3 heterocycles. The van der Waals surface area contributed by atoms with E-state index in [1.54, 1.807) is 0 Å². The van der Waals surface area contributed by atoms with E-state index in [1.807, 2.05) is 0 Å². The molecule has 3 fully saturated rings. The lowest BCUT2D eigenvalue weighted by Gasteiger charge is -2.24. The van der Waals surface area contributed by atoms with E-state index in [-0.39, 0.29) is 0 Å². The second-order valence-corrected chi connectivity index (χ2v) is 4.17. The van der Waals surface area contributed by atoms with E-state index in [4.69, 9.17) is 0 Å². The van der Waals surface area contributed by atoms with Crippen molar-refractivity contribution < 1.29 is 9.80 Å². The minimum atomic E-state index is 0.839. The third-order valence-electron chi connectivity index (χ3n) is 3.67.